The number of hydrogen-bond donors (Lipinski definition) is 0. The fourth-order valence-corrected chi connectivity index (χ4v) is 4.71. The highest BCUT2D eigenvalue weighted by atomic mass is 32.2. The molecule has 0 bridgehead atoms. The summed E-state index contributed by atoms with van der Waals surface area (Å²) >= 11 is 0. The molecule has 0 amide bonds. The molecular weight excluding hydrogens is 428 g/mol. The molecule has 3 aromatic rings. The van der Waals surface area contributed by atoms with Gasteiger partial charge in [-0.3, -0.25) is 4.79 Å². The lowest BCUT2D eigenvalue weighted by molar-refractivity contribution is 0.397. The van der Waals surface area contributed by atoms with Crippen molar-refractivity contribution in [2.45, 2.75) is 37.9 Å². The fourth-order valence-electron chi connectivity index (χ4n) is 3.28. The van der Waals surface area contributed by atoms with Gasteiger partial charge in [-0.1, -0.05) is 24.3 Å². The molecule has 0 saturated carbocycles. The minimum absolute atomic E-state index is 0.0767. The maximum atomic E-state index is 13.6. The quantitative estimate of drug-likeness (QED) is 0.489. The van der Waals surface area contributed by atoms with Crippen LogP contribution in [0.25, 0.3) is 0 Å². The van der Waals surface area contributed by atoms with Gasteiger partial charge in [0.15, 0.2) is 0 Å². The fraction of sp³-hybridized carbons (Fsp3) is 0.292. The van der Waals surface area contributed by atoms with Crippen LogP contribution in [0.5, 0.6) is 11.5 Å². The van der Waals surface area contributed by atoms with E-state index in [1.165, 1.54) is 27.2 Å². The number of rotatable bonds is 9. The summed E-state index contributed by atoms with van der Waals surface area (Å²) in [5.41, 5.74) is 1.40. The summed E-state index contributed by atoms with van der Waals surface area (Å²) < 4.78 is 40.5. The zero-order chi connectivity index (χ0) is 23.3. The average molecular weight is 457 g/mol. The number of pyridine rings is 1. The predicted molar refractivity (Wildman–Crippen MR) is 124 cm³/mol. The molecule has 0 N–H and O–H groups in total. The van der Waals surface area contributed by atoms with E-state index in [1.54, 1.807) is 38.5 Å². The molecule has 170 valence electrons. The van der Waals surface area contributed by atoms with Gasteiger partial charge in [0.05, 0.1) is 19.1 Å². The Kier molecular flexibility index (Phi) is 7.37. The van der Waals surface area contributed by atoms with E-state index in [1.807, 2.05) is 38.1 Å². The zero-order valence-corrected chi connectivity index (χ0v) is 19.5. The van der Waals surface area contributed by atoms with Crippen LogP contribution in [0.2, 0.25) is 0 Å². The molecule has 0 radical (unpaired) electrons. The molecule has 3 rings (SSSR count). The summed E-state index contributed by atoms with van der Waals surface area (Å²) in [7, 11) is -0.726. The molecule has 0 aliphatic carbocycles. The highest BCUT2D eigenvalue weighted by Gasteiger charge is 2.26. The monoisotopic (exact) mass is 456 g/mol. The van der Waals surface area contributed by atoms with Crippen LogP contribution in [0.15, 0.2) is 76.6 Å². The third kappa shape index (κ3) is 5.38. The maximum absolute atomic E-state index is 13.6. The normalized spacial score (nSPS) is 11.7. The Hall–Kier alpha value is -3.10. The van der Waals surface area contributed by atoms with Gasteiger partial charge in [0.1, 0.15) is 11.5 Å². The van der Waals surface area contributed by atoms with E-state index in [0.29, 0.717) is 11.5 Å². The number of benzene rings is 2. The van der Waals surface area contributed by atoms with Gasteiger partial charge in [-0.15, -0.1) is 0 Å². The van der Waals surface area contributed by atoms with Crippen LogP contribution in [-0.4, -0.2) is 31.5 Å². The lowest BCUT2D eigenvalue weighted by Gasteiger charge is -2.23. The van der Waals surface area contributed by atoms with Crippen LogP contribution < -0.4 is 15.0 Å². The number of nitrogens with zero attached hydrogens (tertiary/aromatic N) is 2. The van der Waals surface area contributed by atoms with Crippen molar-refractivity contribution in [3.8, 4) is 11.5 Å². The number of ether oxygens (including phenoxy) is 2. The molecular formula is C24H28N2O5S. The minimum Gasteiger partial charge on any atom is -0.497 e. The molecule has 0 spiro atoms. The Bertz CT molecular complexity index is 1150. The van der Waals surface area contributed by atoms with Gasteiger partial charge in [0.25, 0.3) is 5.56 Å². The van der Waals surface area contributed by atoms with E-state index in [0.717, 1.165) is 11.1 Å². The van der Waals surface area contributed by atoms with Gasteiger partial charge in [-0.05, 0) is 55.3 Å². The molecule has 0 aliphatic rings. The van der Waals surface area contributed by atoms with Crippen molar-refractivity contribution in [1.82, 2.24) is 8.87 Å². The number of sulfonamides is 1. The molecule has 1 heterocycles. The Morgan fingerprint density at radius 2 is 1.28 bits per heavy atom. The van der Waals surface area contributed by atoms with Crippen molar-refractivity contribution in [2.75, 3.05) is 14.2 Å². The third-order valence-electron chi connectivity index (χ3n) is 5.14. The Labute approximate surface area is 188 Å². The summed E-state index contributed by atoms with van der Waals surface area (Å²) in [4.78, 5) is 12.2. The molecule has 8 heteroatoms. The summed E-state index contributed by atoms with van der Waals surface area (Å²) in [6.07, 6.45) is 1.41. The first-order valence-corrected chi connectivity index (χ1v) is 11.7. The van der Waals surface area contributed by atoms with Gasteiger partial charge in [-0.25, -0.2) is 8.42 Å². The largest absolute Gasteiger partial charge is 0.497 e. The average Bonchev–Trinajstić information content (AvgIpc) is 2.79. The lowest BCUT2D eigenvalue weighted by Crippen LogP contribution is -2.32. The first kappa shape index (κ1) is 23.6. The molecule has 0 aliphatic heterocycles. The molecule has 0 unspecified atom stereocenters. The second-order valence-electron chi connectivity index (χ2n) is 7.67. The molecule has 0 atom stereocenters. The van der Waals surface area contributed by atoms with Crippen LogP contribution >= 0.6 is 0 Å². The number of hydrogen-bond acceptors (Lipinski definition) is 5. The van der Waals surface area contributed by atoms with Gasteiger partial charge in [0.2, 0.25) is 10.0 Å². The Morgan fingerprint density at radius 3 is 1.69 bits per heavy atom. The van der Waals surface area contributed by atoms with Crippen molar-refractivity contribution in [3.63, 3.8) is 0 Å². The molecule has 0 saturated heterocycles. The Morgan fingerprint density at radius 1 is 0.812 bits per heavy atom. The molecule has 0 fully saturated rings. The lowest BCUT2D eigenvalue weighted by atomic mass is 10.2. The SMILES string of the molecule is COc1ccc(CN(Cc2ccc(OC)cc2)S(=O)(=O)c2ccc(=O)n(C(C)C)c2)cc1. The standard InChI is InChI=1S/C24H28N2O5S/c1-18(2)26-17-23(13-14-24(26)27)32(28,29)25(15-19-5-9-21(30-3)10-6-19)16-20-7-11-22(31-4)12-8-20/h5-14,17-18H,15-16H2,1-4H3. The van der Waals surface area contributed by atoms with Gasteiger partial charge < -0.3 is 14.0 Å². The van der Waals surface area contributed by atoms with Gasteiger partial charge >= 0.3 is 0 Å². The van der Waals surface area contributed by atoms with Crippen LogP contribution in [0.4, 0.5) is 0 Å². The van der Waals surface area contributed by atoms with E-state index in [4.69, 9.17) is 9.47 Å². The summed E-state index contributed by atoms with van der Waals surface area (Å²) in [5.74, 6) is 1.39. The summed E-state index contributed by atoms with van der Waals surface area (Å²) in [6, 6.07) is 17.0. The first-order chi connectivity index (χ1) is 15.2. The van der Waals surface area contributed by atoms with Crippen molar-refractivity contribution in [3.05, 3.63) is 88.3 Å². The molecule has 32 heavy (non-hydrogen) atoms. The first-order valence-electron chi connectivity index (χ1n) is 10.2. The Balaban J connectivity index is 2.00. The zero-order valence-electron chi connectivity index (χ0n) is 18.7. The highest BCUT2D eigenvalue weighted by Crippen LogP contribution is 2.23. The second kappa shape index (κ2) is 10.0. The predicted octanol–water partition coefficient (Wildman–Crippen LogP) is 3.84. The van der Waals surface area contributed by atoms with Gasteiger partial charge in [-0.2, -0.15) is 4.31 Å². The maximum Gasteiger partial charge on any atom is 0.250 e. The second-order valence-corrected chi connectivity index (χ2v) is 9.61. The van der Waals surface area contributed by atoms with Crippen LogP contribution in [0.1, 0.15) is 31.0 Å². The smallest absolute Gasteiger partial charge is 0.250 e. The van der Waals surface area contributed by atoms with Crippen molar-refractivity contribution in [1.29, 1.82) is 0 Å². The summed E-state index contributed by atoms with van der Waals surface area (Å²) in [6.45, 7) is 4.01. The van der Waals surface area contributed by atoms with Crippen molar-refractivity contribution >= 4 is 10.0 Å². The third-order valence-corrected chi connectivity index (χ3v) is 6.92. The minimum atomic E-state index is -3.89. The van der Waals surface area contributed by atoms with E-state index >= 15 is 0 Å². The molecule has 7 nitrogen and oxygen atoms in total. The van der Waals surface area contributed by atoms with E-state index in [9.17, 15) is 13.2 Å². The number of methoxy groups -OCH3 is 2. The topological polar surface area (TPSA) is 77.8 Å². The van der Waals surface area contributed by atoms with Gasteiger partial charge in [0, 0.05) is 31.4 Å². The van der Waals surface area contributed by atoms with E-state index < -0.39 is 10.0 Å². The van der Waals surface area contributed by atoms with E-state index in [-0.39, 0.29) is 29.6 Å². The van der Waals surface area contributed by atoms with E-state index in [2.05, 4.69) is 0 Å². The molecule has 2 aromatic carbocycles. The van der Waals surface area contributed by atoms with Crippen LogP contribution in [0, 0.1) is 0 Å². The summed E-state index contributed by atoms with van der Waals surface area (Å²) in [5, 5.41) is 0. The van der Waals surface area contributed by atoms with Crippen molar-refractivity contribution in [2.24, 2.45) is 0 Å². The van der Waals surface area contributed by atoms with Crippen LogP contribution in [0.3, 0.4) is 0 Å². The van der Waals surface area contributed by atoms with Crippen molar-refractivity contribution < 1.29 is 17.9 Å². The number of aromatic nitrogens is 1. The van der Waals surface area contributed by atoms with Crippen LogP contribution in [-0.2, 0) is 23.1 Å². The molecule has 1 aromatic heterocycles. The highest BCUT2D eigenvalue weighted by molar-refractivity contribution is 7.89.